The highest BCUT2D eigenvalue weighted by Gasteiger charge is 2.16. The maximum atomic E-state index is 12.0. The zero-order chi connectivity index (χ0) is 19.0. The molecule has 0 amide bonds. The fourth-order valence-corrected chi connectivity index (χ4v) is 2.83. The second-order valence-corrected chi connectivity index (χ2v) is 6.71. The molecule has 4 nitrogen and oxygen atoms in total. The molecule has 1 rings (SSSR count). The molecule has 0 N–H and O–H groups in total. The molecular formula is C21H31ClO4. The zero-order valence-electron chi connectivity index (χ0n) is 15.8. The van der Waals surface area contributed by atoms with E-state index < -0.39 is 0 Å². The van der Waals surface area contributed by atoms with E-state index in [2.05, 4.69) is 0 Å². The number of unbranched alkanes of at least 4 members (excludes halogenated alkanes) is 5. The van der Waals surface area contributed by atoms with Crippen LogP contribution in [0.5, 0.6) is 0 Å². The topological polar surface area (TPSA) is 52.6 Å². The van der Waals surface area contributed by atoms with E-state index in [0.29, 0.717) is 13.0 Å². The first-order chi connectivity index (χ1) is 12.7. The molecule has 0 fully saturated rings. The Hall–Kier alpha value is -1.55. The second-order valence-electron chi connectivity index (χ2n) is 6.33. The average molecular weight is 383 g/mol. The lowest BCUT2D eigenvalue weighted by Gasteiger charge is -2.16. The molecule has 0 aliphatic carbocycles. The van der Waals surface area contributed by atoms with Crippen LogP contribution >= 0.6 is 11.6 Å². The lowest BCUT2D eigenvalue weighted by atomic mass is 10.1. The predicted octanol–water partition coefficient (Wildman–Crippen LogP) is 5.58. The Morgan fingerprint density at radius 3 is 2.19 bits per heavy atom. The van der Waals surface area contributed by atoms with Crippen molar-refractivity contribution in [2.45, 2.75) is 70.8 Å². The summed E-state index contributed by atoms with van der Waals surface area (Å²) in [4.78, 5) is 23.7. The molecule has 0 bridgehead atoms. The summed E-state index contributed by atoms with van der Waals surface area (Å²) >= 11 is 5.63. The summed E-state index contributed by atoms with van der Waals surface area (Å²) in [5.41, 5.74) is 0.969. The molecule has 0 aliphatic heterocycles. The summed E-state index contributed by atoms with van der Waals surface area (Å²) in [7, 11) is 0. The third-order valence-corrected chi connectivity index (χ3v) is 4.41. The zero-order valence-corrected chi connectivity index (χ0v) is 16.5. The number of hydrogen-bond donors (Lipinski definition) is 0. The fourth-order valence-electron chi connectivity index (χ4n) is 2.64. The maximum absolute atomic E-state index is 12.0. The third kappa shape index (κ3) is 10.4. The third-order valence-electron chi connectivity index (χ3n) is 4.14. The van der Waals surface area contributed by atoms with Gasteiger partial charge in [0.05, 0.1) is 19.4 Å². The number of benzene rings is 1. The molecular weight excluding hydrogens is 352 g/mol. The minimum absolute atomic E-state index is 0.0561. The highest BCUT2D eigenvalue weighted by atomic mass is 35.5. The van der Waals surface area contributed by atoms with Crippen LogP contribution in [0.4, 0.5) is 0 Å². The molecule has 1 atom stereocenters. The van der Waals surface area contributed by atoms with Crippen molar-refractivity contribution in [3.8, 4) is 0 Å². The van der Waals surface area contributed by atoms with Crippen molar-refractivity contribution in [1.82, 2.24) is 0 Å². The van der Waals surface area contributed by atoms with Crippen LogP contribution in [0.2, 0.25) is 0 Å². The van der Waals surface area contributed by atoms with Gasteiger partial charge in [-0.3, -0.25) is 9.59 Å². The highest BCUT2D eigenvalue weighted by molar-refractivity contribution is 6.17. The van der Waals surface area contributed by atoms with Crippen LogP contribution in [-0.4, -0.2) is 24.4 Å². The van der Waals surface area contributed by atoms with E-state index in [1.807, 2.05) is 37.3 Å². The lowest BCUT2D eigenvalue weighted by Crippen LogP contribution is -2.14. The van der Waals surface area contributed by atoms with Crippen molar-refractivity contribution in [2.24, 2.45) is 0 Å². The average Bonchev–Trinajstić information content (AvgIpc) is 2.67. The van der Waals surface area contributed by atoms with Gasteiger partial charge in [0.1, 0.15) is 6.10 Å². The van der Waals surface area contributed by atoms with Gasteiger partial charge >= 0.3 is 11.9 Å². The number of carbonyl (C=O) groups is 2. The van der Waals surface area contributed by atoms with Gasteiger partial charge in [0.2, 0.25) is 0 Å². The van der Waals surface area contributed by atoms with Gasteiger partial charge in [0.15, 0.2) is 0 Å². The van der Waals surface area contributed by atoms with Crippen LogP contribution in [0.25, 0.3) is 0 Å². The SMILES string of the molecule is CCC(OC(=O)CCC(=O)OCCCCCCCCCl)c1ccccc1. The Morgan fingerprint density at radius 2 is 1.54 bits per heavy atom. The number of esters is 2. The second kappa shape index (κ2) is 14.6. The van der Waals surface area contributed by atoms with Gasteiger partial charge in [-0.15, -0.1) is 11.6 Å². The van der Waals surface area contributed by atoms with E-state index >= 15 is 0 Å². The Balaban J connectivity index is 2.11. The van der Waals surface area contributed by atoms with Gasteiger partial charge in [-0.1, -0.05) is 62.9 Å². The van der Waals surface area contributed by atoms with Crippen molar-refractivity contribution in [3.05, 3.63) is 35.9 Å². The van der Waals surface area contributed by atoms with Crippen molar-refractivity contribution >= 4 is 23.5 Å². The summed E-state index contributed by atoms with van der Waals surface area (Å²) in [6.07, 6.45) is 7.01. The normalized spacial score (nSPS) is 11.8. The number of carbonyl (C=O) groups excluding carboxylic acids is 2. The lowest BCUT2D eigenvalue weighted by molar-refractivity contribution is -0.154. The Morgan fingerprint density at radius 1 is 0.923 bits per heavy atom. The van der Waals surface area contributed by atoms with Gasteiger partial charge in [-0.25, -0.2) is 0 Å². The van der Waals surface area contributed by atoms with Gasteiger partial charge in [0.25, 0.3) is 0 Å². The number of alkyl halides is 1. The van der Waals surface area contributed by atoms with Crippen LogP contribution < -0.4 is 0 Å². The first-order valence-corrected chi connectivity index (χ1v) is 10.2. The number of halogens is 1. The Bertz CT molecular complexity index is 504. The van der Waals surface area contributed by atoms with Crippen molar-refractivity contribution in [3.63, 3.8) is 0 Å². The summed E-state index contributed by atoms with van der Waals surface area (Å²) in [5, 5.41) is 0. The summed E-state index contributed by atoms with van der Waals surface area (Å²) in [5.74, 6) is 0.0264. The Kier molecular flexibility index (Phi) is 12.6. The molecule has 0 aromatic heterocycles. The van der Waals surface area contributed by atoms with E-state index in [1.54, 1.807) is 0 Å². The standard InChI is InChI=1S/C21H31ClO4/c1-2-19(18-12-8-7-9-13-18)26-21(24)15-14-20(23)25-17-11-6-4-3-5-10-16-22/h7-9,12-13,19H,2-6,10-11,14-17H2,1H3. The molecule has 146 valence electrons. The monoisotopic (exact) mass is 382 g/mol. The van der Waals surface area contributed by atoms with Crippen molar-refractivity contribution < 1.29 is 19.1 Å². The van der Waals surface area contributed by atoms with Gasteiger partial charge < -0.3 is 9.47 Å². The predicted molar refractivity (Wildman–Crippen MR) is 104 cm³/mol. The molecule has 1 unspecified atom stereocenters. The van der Waals surface area contributed by atoms with Crippen molar-refractivity contribution in [1.29, 1.82) is 0 Å². The first-order valence-electron chi connectivity index (χ1n) is 9.63. The van der Waals surface area contributed by atoms with E-state index in [4.69, 9.17) is 21.1 Å². The summed E-state index contributed by atoms with van der Waals surface area (Å²) in [6.45, 7) is 2.39. The van der Waals surface area contributed by atoms with Crippen LogP contribution in [0.3, 0.4) is 0 Å². The van der Waals surface area contributed by atoms with E-state index in [9.17, 15) is 9.59 Å². The summed E-state index contributed by atoms with van der Waals surface area (Å²) in [6, 6.07) is 9.63. The van der Waals surface area contributed by atoms with E-state index in [0.717, 1.165) is 43.5 Å². The number of rotatable bonds is 14. The molecule has 0 heterocycles. The molecule has 0 radical (unpaired) electrons. The quantitative estimate of drug-likeness (QED) is 0.239. The van der Waals surface area contributed by atoms with Crippen LogP contribution in [-0.2, 0) is 19.1 Å². The molecule has 0 aliphatic rings. The molecule has 1 aromatic carbocycles. The fraction of sp³-hybridized carbons (Fsp3) is 0.619. The smallest absolute Gasteiger partial charge is 0.306 e. The van der Waals surface area contributed by atoms with Crippen molar-refractivity contribution in [2.75, 3.05) is 12.5 Å². The van der Waals surface area contributed by atoms with Gasteiger partial charge in [-0.2, -0.15) is 0 Å². The number of ether oxygens (including phenoxy) is 2. The molecule has 0 spiro atoms. The van der Waals surface area contributed by atoms with E-state index in [-0.39, 0.29) is 30.9 Å². The molecule has 5 heteroatoms. The molecule has 1 aromatic rings. The minimum Gasteiger partial charge on any atom is -0.466 e. The van der Waals surface area contributed by atoms with Gasteiger partial charge in [0, 0.05) is 5.88 Å². The number of hydrogen-bond acceptors (Lipinski definition) is 4. The minimum atomic E-state index is -0.364. The van der Waals surface area contributed by atoms with Crippen LogP contribution in [0, 0.1) is 0 Å². The van der Waals surface area contributed by atoms with Crippen LogP contribution in [0.1, 0.15) is 76.4 Å². The largest absolute Gasteiger partial charge is 0.466 e. The van der Waals surface area contributed by atoms with E-state index in [1.165, 1.54) is 6.42 Å². The molecule has 26 heavy (non-hydrogen) atoms. The van der Waals surface area contributed by atoms with Gasteiger partial charge in [-0.05, 0) is 24.8 Å². The maximum Gasteiger partial charge on any atom is 0.306 e. The van der Waals surface area contributed by atoms with Crippen LogP contribution in [0.15, 0.2) is 30.3 Å². The summed E-state index contributed by atoms with van der Waals surface area (Å²) < 4.78 is 10.6. The first kappa shape index (κ1) is 22.5. The molecule has 0 saturated heterocycles. The highest BCUT2D eigenvalue weighted by Crippen LogP contribution is 2.21. The molecule has 0 saturated carbocycles. The Labute approximate surface area is 162 Å².